The van der Waals surface area contributed by atoms with Gasteiger partial charge in [0, 0.05) is 22.5 Å². The molecular formula is C16H14ClN3O4. The zero-order chi connectivity index (χ0) is 17.7. The van der Waals surface area contributed by atoms with E-state index in [2.05, 4.69) is 10.3 Å². The molecule has 1 aromatic heterocycles. The van der Waals surface area contributed by atoms with Gasteiger partial charge in [0.15, 0.2) is 6.10 Å². The molecule has 0 radical (unpaired) electrons. The Morgan fingerprint density at radius 1 is 1.21 bits per heavy atom. The summed E-state index contributed by atoms with van der Waals surface area (Å²) in [5.74, 6) is -1.86. The summed E-state index contributed by atoms with van der Waals surface area (Å²) in [7, 11) is 0. The normalized spacial score (nSPS) is 11.4. The van der Waals surface area contributed by atoms with Gasteiger partial charge in [-0.2, -0.15) is 0 Å². The van der Waals surface area contributed by atoms with E-state index < -0.39 is 23.9 Å². The van der Waals surface area contributed by atoms with Crippen LogP contribution in [0.25, 0.3) is 0 Å². The van der Waals surface area contributed by atoms with E-state index in [1.54, 1.807) is 0 Å². The first-order chi connectivity index (χ1) is 11.4. The molecular weight excluding hydrogens is 334 g/mol. The number of nitrogens with zero attached hydrogens (tertiary/aromatic N) is 1. The second-order valence-electron chi connectivity index (χ2n) is 4.84. The topological polar surface area (TPSA) is 111 Å². The van der Waals surface area contributed by atoms with Crippen LogP contribution in [0, 0.1) is 0 Å². The van der Waals surface area contributed by atoms with Crippen LogP contribution in [0.2, 0.25) is 5.02 Å². The zero-order valence-electron chi connectivity index (χ0n) is 12.7. The van der Waals surface area contributed by atoms with Crippen LogP contribution in [0.5, 0.6) is 0 Å². The third-order valence-corrected chi connectivity index (χ3v) is 3.26. The largest absolute Gasteiger partial charge is 0.448 e. The number of anilines is 1. The van der Waals surface area contributed by atoms with Crippen molar-refractivity contribution in [3.8, 4) is 0 Å². The number of amides is 2. The monoisotopic (exact) mass is 347 g/mol. The summed E-state index contributed by atoms with van der Waals surface area (Å²) >= 11 is 5.77. The third-order valence-electron chi connectivity index (χ3n) is 3.02. The number of benzene rings is 1. The fraction of sp³-hybridized carbons (Fsp3) is 0.125. The fourth-order valence-electron chi connectivity index (χ4n) is 1.75. The van der Waals surface area contributed by atoms with E-state index in [-0.39, 0.29) is 5.69 Å². The minimum Gasteiger partial charge on any atom is -0.448 e. The number of hydrogen-bond donors (Lipinski definition) is 2. The lowest BCUT2D eigenvalue weighted by Gasteiger charge is -2.13. The summed E-state index contributed by atoms with van der Waals surface area (Å²) in [5.41, 5.74) is 5.90. The number of pyridine rings is 1. The minimum absolute atomic E-state index is 0.00737. The Balaban J connectivity index is 1.96. The van der Waals surface area contributed by atoms with E-state index in [4.69, 9.17) is 22.1 Å². The van der Waals surface area contributed by atoms with Crippen LogP contribution < -0.4 is 11.1 Å². The standard InChI is InChI=1S/C16H14ClN3O4/c1-9(24-16(23)13-8-11(17)6-7-19-13)15(22)20-12-4-2-10(3-5-12)14(18)21/h2-9H,1H3,(H2,18,21)(H,20,22)/t9-/m1/s1. The highest BCUT2D eigenvalue weighted by molar-refractivity contribution is 6.30. The summed E-state index contributed by atoms with van der Waals surface area (Å²) < 4.78 is 5.04. The van der Waals surface area contributed by atoms with E-state index in [0.29, 0.717) is 16.3 Å². The van der Waals surface area contributed by atoms with Gasteiger partial charge in [0.2, 0.25) is 5.91 Å². The van der Waals surface area contributed by atoms with Crippen molar-refractivity contribution in [2.75, 3.05) is 5.32 Å². The van der Waals surface area contributed by atoms with Crippen molar-refractivity contribution in [3.05, 3.63) is 58.9 Å². The smallest absolute Gasteiger partial charge is 0.357 e. The van der Waals surface area contributed by atoms with E-state index in [1.165, 1.54) is 49.5 Å². The Hall–Kier alpha value is -2.93. The lowest BCUT2D eigenvalue weighted by Crippen LogP contribution is -2.30. The first-order valence-corrected chi connectivity index (χ1v) is 7.28. The highest BCUT2D eigenvalue weighted by Gasteiger charge is 2.20. The Kier molecular flexibility index (Phi) is 5.49. The number of nitrogens with one attached hydrogen (secondary N) is 1. The molecule has 1 heterocycles. The van der Waals surface area contributed by atoms with Crippen molar-refractivity contribution >= 4 is 35.1 Å². The predicted octanol–water partition coefficient (Wildman–Crippen LogP) is 2.02. The molecule has 2 rings (SSSR count). The van der Waals surface area contributed by atoms with Gasteiger partial charge in [-0.25, -0.2) is 9.78 Å². The second kappa shape index (κ2) is 7.56. The van der Waals surface area contributed by atoms with Crippen LogP contribution in [0.3, 0.4) is 0 Å². The summed E-state index contributed by atoms with van der Waals surface area (Å²) in [4.78, 5) is 38.8. The molecule has 2 amide bonds. The molecule has 0 aliphatic carbocycles. The van der Waals surface area contributed by atoms with Crippen molar-refractivity contribution in [3.63, 3.8) is 0 Å². The van der Waals surface area contributed by atoms with Gasteiger partial charge in [0.25, 0.3) is 5.91 Å². The van der Waals surface area contributed by atoms with Crippen LogP contribution in [0.4, 0.5) is 5.69 Å². The van der Waals surface area contributed by atoms with Crippen molar-refractivity contribution in [1.82, 2.24) is 4.98 Å². The van der Waals surface area contributed by atoms with Gasteiger partial charge in [-0.1, -0.05) is 11.6 Å². The second-order valence-corrected chi connectivity index (χ2v) is 5.27. The molecule has 0 aliphatic heterocycles. The summed E-state index contributed by atoms with van der Waals surface area (Å²) in [6.07, 6.45) is 0.318. The maximum Gasteiger partial charge on any atom is 0.357 e. The molecule has 24 heavy (non-hydrogen) atoms. The van der Waals surface area contributed by atoms with E-state index >= 15 is 0 Å². The van der Waals surface area contributed by atoms with Crippen LogP contribution in [0.15, 0.2) is 42.6 Å². The van der Waals surface area contributed by atoms with Gasteiger partial charge >= 0.3 is 5.97 Å². The number of esters is 1. The number of carbonyl (C=O) groups is 3. The number of halogens is 1. The molecule has 7 nitrogen and oxygen atoms in total. The zero-order valence-corrected chi connectivity index (χ0v) is 13.4. The number of hydrogen-bond acceptors (Lipinski definition) is 5. The Morgan fingerprint density at radius 2 is 1.88 bits per heavy atom. The lowest BCUT2D eigenvalue weighted by atomic mass is 10.2. The Bertz CT molecular complexity index is 777. The summed E-state index contributed by atoms with van der Waals surface area (Å²) in [6.45, 7) is 1.43. The average molecular weight is 348 g/mol. The van der Waals surface area contributed by atoms with E-state index in [9.17, 15) is 14.4 Å². The van der Waals surface area contributed by atoms with Gasteiger partial charge in [-0.15, -0.1) is 0 Å². The van der Waals surface area contributed by atoms with Crippen LogP contribution >= 0.6 is 11.6 Å². The molecule has 3 N–H and O–H groups in total. The number of nitrogens with two attached hydrogens (primary N) is 1. The third kappa shape index (κ3) is 4.53. The molecule has 0 aliphatic rings. The lowest BCUT2D eigenvalue weighted by molar-refractivity contribution is -0.123. The molecule has 0 fully saturated rings. The number of rotatable bonds is 5. The molecule has 0 unspecified atom stereocenters. The Morgan fingerprint density at radius 3 is 2.46 bits per heavy atom. The van der Waals surface area contributed by atoms with Crippen molar-refractivity contribution in [2.45, 2.75) is 13.0 Å². The van der Waals surface area contributed by atoms with Gasteiger partial charge in [0.05, 0.1) is 0 Å². The van der Waals surface area contributed by atoms with Gasteiger partial charge in [-0.3, -0.25) is 9.59 Å². The van der Waals surface area contributed by atoms with Crippen LogP contribution in [-0.2, 0) is 9.53 Å². The minimum atomic E-state index is -1.05. The first kappa shape index (κ1) is 17.4. The highest BCUT2D eigenvalue weighted by Crippen LogP contribution is 2.12. The predicted molar refractivity (Wildman–Crippen MR) is 87.7 cm³/mol. The number of primary amides is 1. The van der Waals surface area contributed by atoms with Gasteiger partial charge in [0.1, 0.15) is 5.69 Å². The van der Waals surface area contributed by atoms with E-state index in [0.717, 1.165) is 0 Å². The number of aromatic nitrogens is 1. The molecule has 8 heteroatoms. The number of carbonyl (C=O) groups excluding carboxylic acids is 3. The quantitative estimate of drug-likeness (QED) is 0.804. The molecule has 0 spiro atoms. The highest BCUT2D eigenvalue weighted by atomic mass is 35.5. The average Bonchev–Trinajstić information content (AvgIpc) is 2.55. The van der Waals surface area contributed by atoms with Crippen molar-refractivity contribution < 1.29 is 19.1 Å². The van der Waals surface area contributed by atoms with Crippen LogP contribution in [0.1, 0.15) is 27.8 Å². The van der Waals surface area contributed by atoms with Gasteiger partial charge in [-0.05, 0) is 43.3 Å². The maximum atomic E-state index is 12.0. The summed E-state index contributed by atoms with van der Waals surface area (Å²) in [5, 5.41) is 2.90. The fourth-order valence-corrected chi connectivity index (χ4v) is 1.91. The van der Waals surface area contributed by atoms with Crippen molar-refractivity contribution in [2.24, 2.45) is 5.73 Å². The molecule has 2 aromatic rings. The summed E-state index contributed by atoms with van der Waals surface area (Å²) in [6, 6.07) is 8.85. The van der Waals surface area contributed by atoms with E-state index in [1.807, 2.05) is 0 Å². The molecule has 0 bridgehead atoms. The molecule has 1 atom stereocenters. The first-order valence-electron chi connectivity index (χ1n) is 6.90. The number of ether oxygens (including phenoxy) is 1. The SMILES string of the molecule is C[C@@H](OC(=O)c1cc(Cl)ccn1)C(=O)Nc1ccc(C(N)=O)cc1. The maximum absolute atomic E-state index is 12.0. The molecule has 0 saturated carbocycles. The van der Waals surface area contributed by atoms with Gasteiger partial charge < -0.3 is 15.8 Å². The molecule has 0 saturated heterocycles. The van der Waals surface area contributed by atoms with Crippen LogP contribution in [-0.4, -0.2) is 28.9 Å². The molecule has 1 aromatic carbocycles. The Labute approximate surface area is 142 Å². The molecule has 124 valence electrons. The van der Waals surface area contributed by atoms with Crippen molar-refractivity contribution in [1.29, 1.82) is 0 Å².